The molecule has 2 heterocycles. The highest BCUT2D eigenvalue weighted by Gasteiger charge is 2.33. The zero-order chi connectivity index (χ0) is 12.6. The van der Waals surface area contributed by atoms with Crippen molar-refractivity contribution in [1.29, 1.82) is 0 Å². The largest absolute Gasteiger partial charge is 0.375 e. The predicted molar refractivity (Wildman–Crippen MR) is 65.3 cm³/mol. The van der Waals surface area contributed by atoms with Crippen molar-refractivity contribution in [3.05, 3.63) is 6.20 Å². The number of sulfonamides is 1. The molecule has 1 aromatic rings. The molecule has 1 saturated heterocycles. The highest BCUT2D eigenvalue weighted by atomic mass is 32.2. The van der Waals surface area contributed by atoms with E-state index in [1.165, 1.54) is 10.5 Å². The van der Waals surface area contributed by atoms with Gasteiger partial charge in [0.2, 0.25) is 0 Å². The van der Waals surface area contributed by atoms with Crippen LogP contribution in [0.5, 0.6) is 0 Å². The highest BCUT2D eigenvalue weighted by molar-refractivity contribution is 7.91. The molecule has 2 N–H and O–H groups in total. The first kappa shape index (κ1) is 12.7. The van der Waals surface area contributed by atoms with Gasteiger partial charge in [0.25, 0.3) is 10.0 Å². The summed E-state index contributed by atoms with van der Waals surface area (Å²) in [7, 11) is -3.48. The average molecular weight is 277 g/mol. The summed E-state index contributed by atoms with van der Waals surface area (Å²) < 4.78 is 31.7. The molecule has 0 amide bonds. The summed E-state index contributed by atoms with van der Waals surface area (Å²) in [5, 5.41) is 0.262. The van der Waals surface area contributed by atoms with Gasteiger partial charge in [-0.15, -0.1) is 0 Å². The maximum atomic E-state index is 12.3. The van der Waals surface area contributed by atoms with Crippen molar-refractivity contribution in [3.63, 3.8) is 0 Å². The Labute approximate surface area is 104 Å². The summed E-state index contributed by atoms with van der Waals surface area (Å²) in [5.74, 6) is 0. The Kier molecular flexibility index (Phi) is 3.39. The quantitative estimate of drug-likeness (QED) is 0.852. The van der Waals surface area contributed by atoms with E-state index >= 15 is 0 Å². The van der Waals surface area contributed by atoms with Crippen molar-refractivity contribution in [3.8, 4) is 0 Å². The summed E-state index contributed by atoms with van der Waals surface area (Å²) in [4.78, 5) is 3.78. The van der Waals surface area contributed by atoms with Crippen LogP contribution in [0.4, 0.5) is 5.13 Å². The number of hydrogen-bond donors (Lipinski definition) is 1. The normalized spacial score (nSPS) is 27.2. The molecule has 17 heavy (non-hydrogen) atoms. The first-order valence-electron chi connectivity index (χ1n) is 5.26. The minimum Gasteiger partial charge on any atom is -0.375 e. The summed E-state index contributed by atoms with van der Waals surface area (Å²) >= 11 is 0.987. The van der Waals surface area contributed by atoms with E-state index in [0.717, 1.165) is 11.3 Å². The molecule has 0 aliphatic carbocycles. The lowest BCUT2D eigenvalue weighted by Crippen LogP contribution is -2.47. The van der Waals surface area contributed by atoms with Crippen LogP contribution in [-0.2, 0) is 14.8 Å². The van der Waals surface area contributed by atoms with Crippen molar-refractivity contribution in [1.82, 2.24) is 9.29 Å². The lowest BCUT2D eigenvalue weighted by Gasteiger charge is -2.33. The Morgan fingerprint density at radius 3 is 2.53 bits per heavy atom. The third-order valence-corrected chi connectivity index (χ3v) is 5.58. The number of nitrogens with two attached hydrogens (primary N) is 1. The Balaban J connectivity index is 2.26. The number of morpholine rings is 1. The van der Waals surface area contributed by atoms with Gasteiger partial charge >= 0.3 is 0 Å². The highest BCUT2D eigenvalue weighted by Crippen LogP contribution is 2.26. The Morgan fingerprint density at radius 2 is 2.06 bits per heavy atom. The van der Waals surface area contributed by atoms with Crippen LogP contribution in [0.3, 0.4) is 0 Å². The van der Waals surface area contributed by atoms with Gasteiger partial charge in [-0.3, -0.25) is 0 Å². The lowest BCUT2D eigenvalue weighted by molar-refractivity contribution is -0.0440. The SMILES string of the molecule is CC1CN(S(=O)(=O)c2cnc(N)s2)CC(C)O1. The number of aromatic nitrogens is 1. The molecule has 2 rings (SSSR count). The standard InChI is InChI=1S/C9H15N3O3S2/c1-6-4-12(5-7(2)15-6)17(13,14)8-3-11-9(10)16-8/h3,6-7H,4-5H2,1-2H3,(H2,10,11). The Morgan fingerprint density at radius 1 is 1.47 bits per heavy atom. The molecule has 1 aromatic heterocycles. The number of thiazole rings is 1. The van der Waals surface area contributed by atoms with Gasteiger partial charge < -0.3 is 10.5 Å². The maximum Gasteiger partial charge on any atom is 0.254 e. The summed E-state index contributed by atoms with van der Waals surface area (Å²) in [5.41, 5.74) is 5.46. The predicted octanol–water partition coefficient (Wildman–Crippen LogP) is 0.523. The molecule has 0 aromatic carbocycles. The number of ether oxygens (including phenoxy) is 1. The maximum absolute atomic E-state index is 12.3. The minimum absolute atomic E-state index is 0.0983. The van der Waals surface area contributed by atoms with Gasteiger partial charge in [-0.2, -0.15) is 4.31 Å². The number of anilines is 1. The van der Waals surface area contributed by atoms with Crippen LogP contribution >= 0.6 is 11.3 Å². The topological polar surface area (TPSA) is 85.5 Å². The van der Waals surface area contributed by atoms with Crippen molar-refractivity contribution < 1.29 is 13.2 Å². The number of hydrogen-bond acceptors (Lipinski definition) is 6. The van der Waals surface area contributed by atoms with E-state index in [1.54, 1.807) is 0 Å². The first-order valence-corrected chi connectivity index (χ1v) is 7.52. The molecule has 1 aliphatic heterocycles. The van der Waals surface area contributed by atoms with E-state index in [4.69, 9.17) is 10.5 Å². The second-order valence-corrected chi connectivity index (χ2v) is 7.32. The van der Waals surface area contributed by atoms with Crippen LogP contribution in [0.15, 0.2) is 10.4 Å². The van der Waals surface area contributed by atoms with E-state index in [0.29, 0.717) is 13.1 Å². The second kappa shape index (κ2) is 4.52. The third kappa shape index (κ3) is 2.59. The van der Waals surface area contributed by atoms with Gasteiger partial charge in [0.05, 0.1) is 18.4 Å². The van der Waals surface area contributed by atoms with Gasteiger partial charge in [-0.25, -0.2) is 13.4 Å². The summed E-state index contributed by atoms with van der Waals surface area (Å²) in [6.07, 6.45) is 1.11. The molecule has 0 saturated carbocycles. The van der Waals surface area contributed by atoms with Crippen molar-refractivity contribution in [2.24, 2.45) is 0 Å². The Bertz CT molecular complexity index is 489. The molecule has 0 radical (unpaired) electrons. The summed E-state index contributed by atoms with van der Waals surface area (Å²) in [6, 6.07) is 0. The van der Waals surface area contributed by atoms with Gasteiger partial charge in [0, 0.05) is 13.1 Å². The fraction of sp³-hybridized carbons (Fsp3) is 0.667. The second-order valence-electron chi connectivity index (χ2n) is 4.10. The van der Waals surface area contributed by atoms with E-state index in [2.05, 4.69) is 4.98 Å². The molecular formula is C9H15N3O3S2. The monoisotopic (exact) mass is 277 g/mol. The van der Waals surface area contributed by atoms with Crippen LogP contribution in [0.2, 0.25) is 0 Å². The van der Waals surface area contributed by atoms with Gasteiger partial charge in [-0.1, -0.05) is 11.3 Å². The van der Waals surface area contributed by atoms with Crippen molar-refractivity contribution >= 4 is 26.5 Å². The summed E-state index contributed by atoms with van der Waals surface area (Å²) in [6.45, 7) is 4.45. The fourth-order valence-electron chi connectivity index (χ4n) is 1.85. The molecule has 96 valence electrons. The van der Waals surface area contributed by atoms with Crippen LogP contribution in [0.25, 0.3) is 0 Å². The molecular weight excluding hydrogens is 262 g/mol. The molecule has 6 nitrogen and oxygen atoms in total. The lowest BCUT2D eigenvalue weighted by atomic mass is 10.3. The molecule has 2 unspecified atom stereocenters. The zero-order valence-electron chi connectivity index (χ0n) is 9.66. The molecule has 0 bridgehead atoms. The van der Waals surface area contributed by atoms with Crippen molar-refractivity contribution in [2.45, 2.75) is 30.3 Å². The number of nitrogen functional groups attached to an aromatic ring is 1. The molecule has 1 fully saturated rings. The molecule has 8 heteroatoms. The smallest absolute Gasteiger partial charge is 0.254 e. The zero-order valence-corrected chi connectivity index (χ0v) is 11.3. The van der Waals surface area contributed by atoms with Crippen LogP contribution in [-0.4, -0.2) is 43.0 Å². The van der Waals surface area contributed by atoms with Crippen LogP contribution in [0, 0.1) is 0 Å². The van der Waals surface area contributed by atoms with E-state index in [-0.39, 0.29) is 21.5 Å². The van der Waals surface area contributed by atoms with Crippen LogP contribution < -0.4 is 5.73 Å². The van der Waals surface area contributed by atoms with Gasteiger partial charge in [0.1, 0.15) is 0 Å². The fourth-order valence-corrected chi connectivity index (χ4v) is 4.51. The molecule has 0 spiro atoms. The number of nitrogens with zero attached hydrogens (tertiary/aromatic N) is 2. The average Bonchev–Trinajstić information content (AvgIpc) is 2.64. The first-order chi connectivity index (χ1) is 7.89. The molecule has 2 atom stereocenters. The van der Waals surface area contributed by atoms with E-state index in [1.807, 2.05) is 13.8 Å². The molecule has 1 aliphatic rings. The Hall–Kier alpha value is -0.700. The third-order valence-electron chi connectivity index (χ3n) is 2.48. The van der Waals surface area contributed by atoms with Gasteiger partial charge in [0.15, 0.2) is 9.34 Å². The van der Waals surface area contributed by atoms with Crippen LogP contribution in [0.1, 0.15) is 13.8 Å². The number of rotatable bonds is 2. The van der Waals surface area contributed by atoms with E-state index in [9.17, 15) is 8.42 Å². The van der Waals surface area contributed by atoms with Gasteiger partial charge in [-0.05, 0) is 13.8 Å². The van der Waals surface area contributed by atoms with Crippen molar-refractivity contribution in [2.75, 3.05) is 18.8 Å². The minimum atomic E-state index is -3.48. The van der Waals surface area contributed by atoms with E-state index < -0.39 is 10.0 Å².